The largest absolute Gasteiger partial charge is 0.485 e. The second kappa shape index (κ2) is 13.0. The number of thiophene rings is 1. The lowest BCUT2D eigenvalue weighted by Gasteiger charge is -2.34. The Morgan fingerprint density at radius 3 is 1.60 bits per heavy atom. The van der Waals surface area contributed by atoms with Crippen molar-refractivity contribution in [3.8, 4) is 44.2 Å². The molecule has 0 unspecified atom stereocenters. The minimum Gasteiger partial charge on any atom is -0.485 e. The molecule has 0 saturated heterocycles. The lowest BCUT2D eigenvalue weighted by atomic mass is 9.67. The van der Waals surface area contributed by atoms with Crippen molar-refractivity contribution in [1.82, 2.24) is 0 Å². The maximum atomic E-state index is 6.54. The van der Waals surface area contributed by atoms with Crippen LogP contribution in [-0.4, -0.2) is 13.2 Å². The van der Waals surface area contributed by atoms with E-state index >= 15 is 0 Å². The Balaban J connectivity index is 1.23. The van der Waals surface area contributed by atoms with Crippen LogP contribution in [0, 0.1) is 0 Å². The summed E-state index contributed by atoms with van der Waals surface area (Å²) in [7, 11) is 0. The Hall–Kier alpha value is -6.36. The molecule has 2 heterocycles. The van der Waals surface area contributed by atoms with E-state index in [1.54, 1.807) is 11.3 Å². The van der Waals surface area contributed by atoms with Crippen LogP contribution in [0.5, 0.6) is 11.5 Å². The minimum atomic E-state index is -0.517. The maximum Gasteiger partial charge on any atom is 0.197 e. The zero-order chi connectivity index (χ0) is 35.2. The maximum absolute atomic E-state index is 6.54. The van der Waals surface area contributed by atoms with Crippen molar-refractivity contribution in [3.63, 3.8) is 0 Å². The van der Waals surface area contributed by atoms with Crippen LogP contribution in [0.2, 0.25) is 0 Å². The van der Waals surface area contributed by atoms with Gasteiger partial charge in [0.2, 0.25) is 0 Å². The van der Waals surface area contributed by atoms with Crippen LogP contribution in [-0.2, 0) is 5.41 Å². The summed E-state index contributed by atoms with van der Waals surface area (Å²) in [6.07, 6.45) is 0. The Kier molecular flexibility index (Phi) is 7.70. The lowest BCUT2D eigenvalue weighted by molar-refractivity contribution is 0.175. The molecule has 3 nitrogen and oxygen atoms in total. The minimum absolute atomic E-state index is 0.496. The molecule has 0 fully saturated rings. The zero-order valence-electron chi connectivity index (χ0n) is 29.0. The zero-order valence-corrected chi connectivity index (χ0v) is 29.8. The Morgan fingerprint density at radius 2 is 0.943 bits per heavy atom. The summed E-state index contributed by atoms with van der Waals surface area (Å²) in [4.78, 5) is 3.43. The molecule has 10 rings (SSSR count). The SMILES string of the molecule is c1ccc(-c2ccc(N(c3ccc4c(c3)C(c3ccccc3)(c3ccccc3)c3ccccc3-4)c3sc(-c4ccccc4)c4c3OCCO4)cc2)cc1. The average Bonchev–Trinajstić information content (AvgIpc) is 3.77. The van der Waals surface area contributed by atoms with Crippen molar-refractivity contribution < 1.29 is 9.47 Å². The van der Waals surface area contributed by atoms with E-state index in [9.17, 15) is 0 Å². The van der Waals surface area contributed by atoms with Gasteiger partial charge in [-0.25, -0.2) is 0 Å². The molecule has 0 N–H and O–H groups in total. The van der Waals surface area contributed by atoms with Crippen LogP contribution < -0.4 is 14.4 Å². The van der Waals surface area contributed by atoms with Gasteiger partial charge in [-0.05, 0) is 74.3 Å². The van der Waals surface area contributed by atoms with E-state index in [-0.39, 0.29) is 0 Å². The van der Waals surface area contributed by atoms with Gasteiger partial charge in [0.05, 0.1) is 10.3 Å². The van der Waals surface area contributed by atoms with Gasteiger partial charge in [-0.2, -0.15) is 0 Å². The van der Waals surface area contributed by atoms with Crippen LogP contribution in [0.1, 0.15) is 22.3 Å². The van der Waals surface area contributed by atoms with E-state index < -0.39 is 5.41 Å². The van der Waals surface area contributed by atoms with Crippen LogP contribution in [0.25, 0.3) is 32.7 Å². The molecule has 1 aliphatic carbocycles. The molecule has 7 aromatic carbocycles. The lowest BCUT2D eigenvalue weighted by Crippen LogP contribution is -2.28. The molecule has 4 heteroatoms. The number of fused-ring (bicyclic) bond motifs is 4. The van der Waals surface area contributed by atoms with Crippen molar-refractivity contribution in [2.75, 3.05) is 18.1 Å². The highest BCUT2D eigenvalue weighted by Crippen LogP contribution is 2.60. The molecule has 53 heavy (non-hydrogen) atoms. The molecule has 1 aromatic heterocycles. The average molecular weight is 702 g/mol. The molecule has 1 aliphatic heterocycles. The summed E-state index contributed by atoms with van der Waals surface area (Å²) < 4.78 is 13.0. The summed E-state index contributed by atoms with van der Waals surface area (Å²) in [5, 5.41) is 0.992. The number of benzene rings is 7. The fraction of sp³-hybridized carbons (Fsp3) is 0.0612. The molecule has 0 spiro atoms. The van der Waals surface area contributed by atoms with Gasteiger partial charge in [-0.15, -0.1) is 11.3 Å². The summed E-state index contributed by atoms with van der Waals surface area (Å²) >= 11 is 1.72. The Bertz CT molecular complexity index is 2510. The van der Waals surface area contributed by atoms with E-state index in [1.807, 2.05) is 0 Å². The predicted octanol–water partition coefficient (Wildman–Crippen LogP) is 12.7. The second-order valence-corrected chi connectivity index (χ2v) is 14.5. The number of hydrogen-bond donors (Lipinski definition) is 0. The van der Waals surface area contributed by atoms with Gasteiger partial charge in [0.1, 0.15) is 18.2 Å². The Labute approximate surface area is 314 Å². The van der Waals surface area contributed by atoms with Crippen LogP contribution in [0.3, 0.4) is 0 Å². The summed E-state index contributed by atoms with van der Waals surface area (Å²) in [5.74, 6) is 1.60. The van der Waals surface area contributed by atoms with Gasteiger partial charge in [0.15, 0.2) is 11.5 Å². The smallest absolute Gasteiger partial charge is 0.197 e. The summed E-state index contributed by atoms with van der Waals surface area (Å²) in [6.45, 7) is 1.01. The Morgan fingerprint density at radius 1 is 0.434 bits per heavy atom. The molecule has 8 aromatic rings. The topological polar surface area (TPSA) is 21.7 Å². The first-order valence-corrected chi connectivity index (χ1v) is 18.9. The van der Waals surface area contributed by atoms with Gasteiger partial charge in [0, 0.05) is 11.4 Å². The quantitative estimate of drug-likeness (QED) is 0.165. The van der Waals surface area contributed by atoms with Crippen molar-refractivity contribution in [2.24, 2.45) is 0 Å². The highest BCUT2D eigenvalue weighted by molar-refractivity contribution is 7.20. The normalized spacial score (nSPS) is 13.6. The third-order valence-corrected chi connectivity index (χ3v) is 11.7. The molecular weight excluding hydrogens is 667 g/mol. The fourth-order valence-corrected chi connectivity index (χ4v) is 9.49. The summed E-state index contributed by atoms with van der Waals surface area (Å²) in [5.41, 5.74) is 12.6. The van der Waals surface area contributed by atoms with Crippen LogP contribution >= 0.6 is 11.3 Å². The van der Waals surface area contributed by atoms with Gasteiger partial charge in [0.25, 0.3) is 0 Å². The third kappa shape index (κ3) is 5.09. The van der Waals surface area contributed by atoms with Crippen molar-refractivity contribution >= 4 is 27.7 Å². The molecule has 0 radical (unpaired) electrons. The van der Waals surface area contributed by atoms with E-state index in [0.717, 1.165) is 38.3 Å². The van der Waals surface area contributed by atoms with Crippen LogP contribution in [0.4, 0.5) is 16.4 Å². The standard InChI is InChI=1S/C49H35NO2S/c1-5-15-34(16-6-1)35-25-27-39(28-26-35)50(48-46-45(51-31-32-52-46)47(53-48)36-17-7-2-8-18-36)40-29-30-42-41-23-13-14-24-43(41)49(44(42)33-40,37-19-9-3-10-20-37)38-21-11-4-12-22-38/h1-30,33H,31-32H2. The number of ether oxygens (including phenoxy) is 2. The van der Waals surface area contributed by atoms with E-state index in [4.69, 9.17) is 9.47 Å². The summed E-state index contributed by atoms with van der Waals surface area (Å²) in [6, 6.07) is 67.8. The first-order valence-electron chi connectivity index (χ1n) is 18.1. The molecule has 0 atom stereocenters. The van der Waals surface area contributed by atoms with Gasteiger partial charge in [-0.3, -0.25) is 4.90 Å². The predicted molar refractivity (Wildman–Crippen MR) is 218 cm³/mol. The number of hydrogen-bond acceptors (Lipinski definition) is 4. The molecule has 0 amide bonds. The fourth-order valence-electron chi connectivity index (χ4n) is 8.25. The second-order valence-electron chi connectivity index (χ2n) is 13.5. The molecule has 0 bridgehead atoms. The monoisotopic (exact) mass is 701 g/mol. The third-order valence-electron chi connectivity index (χ3n) is 10.6. The van der Waals surface area contributed by atoms with Gasteiger partial charge >= 0.3 is 0 Å². The highest BCUT2D eigenvalue weighted by atomic mass is 32.1. The number of anilines is 3. The first kappa shape index (κ1) is 31.4. The van der Waals surface area contributed by atoms with E-state index in [2.05, 4.69) is 193 Å². The molecule has 2 aliphatic rings. The molecule has 0 saturated carbocycles. The molecule has 254 valence electrons. The first-order chi connectivity index (χ1) is 26.3. The van der Waals surface area contributed by atoms with Crippen molar-refractivity contribution in [2.45, 2.75) is 5.41 Å². The molecular formula is C49H35NO2S. The van der Waals surface area contributed by atoms with Crippen molar-refractivity contribution in [1.29, 1.82) is 0 Å². The van der Waals surface area contributed by atoms with Gasteiger partial charge < -0.3 is 9.47 Å². The van der Waals surface area contributed by atoms with Gasteiger partial charge in [-0.1, -0.05) is 164 Å². The number of rotatable bonds is 7. The van der Waals surface area contributed by atoms with E-state index in [0.29, 0.717) is 13.2 Å². The number of nitrogens with zero attached hydrogens (tertiary/aromatic N) is 1. The highest BCUT2D eigenvalue weighted by Gasteiger charge is 2.46. The van der Waals surface area contributed by atoms with Crippen LogP contribution in [0.15, 0.2) is 188 Å². The van der Waals surface area contributed by atoms with Crippen molar-refractivity contribution in [3.05, 3.63) is 210 Å². The van der Waals surface area contributed by atoms with E-state index in [1.165, 1.54) is 44.5 Å².